The average molecular weight is 193 g/mol. The monoisotopic (exact) mass is 193 g/mol. The molecule has 0 aromatic heterocycles. The number of hydrogen-bond donors (Lipinski definition) is 1. The van der Waals surface area contributed by atoms with Gasteiger partial charge in [-0.3, -0.25) is 0 Å². The van der Waals surface area contributed by atoms with Crippen LogP contribution in [-0.4, -0.2) is 41.7 Å². The third-order valence-corrected chi connectivity index (χ3v) is 2.30. The van der Waals surface area contributed by atoms with Crippen LogP contribution in [0, 0.1) is 5.92 Å². The molecule has 2 nitrogen and oxygen atoms in total. The number of piperidine rings is 1. The van der Waals surface area contributed by atoms with Crippen LogP contribution in [0.25, 0.3) is 0 Å². The summed E-state index contributed by atoms with van der Waals surface area (Å²) >= 11 is 0. The maximum atomic E-state index is 12.8. The molecule has 1 rings (SSSR count). The predicted octanol–water partition coefficient (Wildman–Crippen LogP) is 1.34. The number of rotatable bonds is 2. The van der Waals surface area contributed by atoms with Crippen LogP contribution in [0.3, 0.4) is 0 Å². The first-order valence-corrected chi connectivity index (χ1v) is 4.70. The first kappa shape index (κ1) is 10.9. The van der Waals surface area contributed by atoms with Crippen LogP contribution in [0.2, 0.25) is 0 Å². The van der Waals surface area contributed by atoms with E-state index in [4.69, 9.17) is 5.11 Å². The molecule has 1 unspecified atom stereocenters. The minimum absolute atomic E-state index is 0.102. The summed E-state index contributed by atoms with van der Waals surface area (Å²) in [5, 5.41) is 9.13. The maximum absolute atomic E-state index is 12.8. The molecular weight excluding hydrogens is 176 g/mol. The number of hydrogen-bond acceptors (Lipinski definition) is 2. The fraction of sp³-hybridized carbons (Fsp3) is 1.00. The van der Waals surface area contributed by atoms with Gasteiger partial charge in [0.25, 0.3) is 5.92 Å². The summed E-state index contributed by atoms with van der Waals surface area (Å²) in [4.78, 5) is 1.90. The highest BCUT2D eigenvalue weighted by atomic mass is 19.3. The molecular formula is C9H17F2NO. The molecule has 13 heavy (non-hydrogen) atoms. The third-order valence-electron chi connectivity index (χ3n) is 2.30. The molecule has 0 aromatic rings. The van der Waals surface area contributed by atoms with Crippen molar-refractivity contribution in [2.75, 3.05) is 19.6 Å². The van der Waals surface area contributed by atoms with Crippen LogP contribution in [0.4, 0.5) is 8.78 Å². The van der Waals surface area contributed by atoms with Crippen molar-refractivity contribution in [3.63, 3.8) is 0 Å². The number of halogens is 2. The van der Waals surface area contributed by atoms with Gasteiger partial charge in [-0.15, -0.1) is 0 Å². The highest BCUT2D eigenvalue weighted by molar-refractivity contribution is 4.86. The Morgan fingerprint density at radius 2 is 2.15 bits per heavy atom. The van der Waals surface area contributed by atoms with Gasteiger partial charge in [0.2, 0.25) is 0 Å². The van der Waals surface area contributed by atoms with Crippen LogP contribution >= 0.6 is 0 Å². The Kier molecular flexibility index (Phi) is 3.24. The van der Waals surface area contributed by atoms with Gasteiger partial charge in [-0.25, -0.2) is 8.78 Å². The summed E-state index contributed by atoms with van der Waals surface area (Å²) in [6, 6.07) is 0. The van der Waals surface area contributed by atoms with Gasteiger partial charge in [-0.05, 0) is 5.92 Å². The van der Waals surface area contributed by atoms with Crippen molar-refractivity contribution in [1.29, 1.82) is 0 Å². The Bertz CT molecular complexity index is 173. The van der Waals surface area contributed by atoms with Gasteiger partial charge in [-0.1, -0.05) is 13.8 Å². The van der Waals surface area contributed by atoms with Crippen LogP contribution in [0.15, 0.2) is 0 Å². The Labute approximate surface area is 77.5 Å². The zero-order valence-corrected chi connectivity index (χ0v) is 8.13. The quantitative estimate of drug-likeness (QED) is 0.715. The lowest BCUT2D eigenvalue weighted by atomic mass is 10.0. The minimum atomic E-state index is -2.88. The van der Waals surface area contributed by atoms with E-state index in [2.05, 4.69) is 0 Å². The first-order chi connectivity index (χ1) is 5.92. The second-order valence-electron chi connectivity index (χ2n) is 4.18. The highest BCUT2D eigenvalue weighted by Gasteiger charge is 2.42. The van der Waals surface area contributed by atoms with E-state index >= 15 is 0 Å². The number of likely N-dealkylation sites (tertiary alicyclic amines) is 1. The predicted molar refractivity (Wildman–Crippen MR) is 46.8 cm³/mol. The normalized spacial score (nSPS) is 29.5. The fourth-order valence-corrected chi connectivity index (χ4v) is 1.63. The van der Waals surface area contributed by atoms with Crippen molar-refractivity contribution in [3.05, 3.63) is 0 Å². The number of aliphatic hydroxyl groups excluding tert-OH is 1. The van der Waals surface area contributed by atoms with Gasteiger partial charge >= 0.3 is 0 Å². The Morgan fingerprint density at radius 1 is 1.54 bits per heavy atom. The van der Waals surface area contributed by atoms with E-state index < -0.39 is 12.0 Å². The van der Waals surface area contributed by atoms with E-state index in [0.717, 1.165) is 6.54 Å². The van der Waals surface area contributed by atoms with Crippen molar-refractivity contribution in [2.45, 2.75) is 32.3 Å². The molecule has 1 fully saturated rings. The highest BCUT2D eigenvalue weighted by Crippen LogP contribution is 2.28. The average Bonchev–Trinajstić information content (AvgIpc) is 1.97. The van der Waals surface area contributed by atoms with Crippen LogP contribution in [0.1, 0.15) is 20.3 Å². The smallest absolute Gasteiger partial charge is 0.275 e. The molecule has 1 saturated heterocycles. The molecule has 1 aliphatic rings. The molecule has 1 aliphatic heterocycles. The summed E-state index contributed by atoms with van der Waals surface area (Å²) in [6.45, 7) is 5.36. The molecule has 0 radical (unpaired) electrons. The summed E-state index contributed by atoms with van der Waals surface area (Å²) in [5.74, 6) is -2.42. The second-order valence-corrected chi connectivity index (χ2v) is 4.18. The molecule has 0 aliphatic carbocycles. The molecule has 0 amide bonds. The number of nitrogens with zero attached hydrogens (tertiary/aromatic N) is 1. The van der Waals surface area contributed by atoms with E-state index in [9.17, 15) is 8.78 Å². The summed E-state index contributed by atoms with van der Waals surface area (Å²) < 4.78 is 25.7. The molecule has 0 saturated carbocycles. The molecule has 1 atom stereocenters. The van der Waals surface area contributed by atoms with Crippen LogP contribution < -0.4 is 0 Å². The summed E-state index contributed by atoms with van der Waals surface area (Å²) in [5.41, 5.74) is 0. The Balaban J connectivity index is 2.42. The Hall–Kier alpha value is -0.220. The Morgan fingerprint density at radius 3 is 2.62 bits per heavy atom. The van der Waals surface area contributed by atoms with E-state index in [1.165, 1.54) is 0 Å². The van der Waals surface area contributed by atoms with E-state index in [1.807, 2.05) is 18.7 Å². The first-order valence-electron chi connectivity index (χ1n) is 4.70. The molecule has 1 N–H and O–H groups in total. The lowest BCUT2D eigenvalue weighted by molar-refractivity contribution is -0.148. The van der Waals surface area contributed by atoms with E-state index in [0.29, 0.717) is 12.5 Å². The molecule has 0 spiro atoms. The van der Waals surface area contributed by atoms with Crippen molar-refractivity contribution in [2.24, 2.45) is 5.92 Å². The molecule has 0 bridgehead atoms. The van der Waals surface area contributed by atoms with Crippen LogP contribution in [0.5, 0.6) is 0 Å². The molecule has 1 heterocycles. The lowest BCUT2D eigenvalue weighted by Crippen LogP contribution is -2.51. The van der Waals surface area contributed by atoms with Gasteiger partial charge in [0, 0.05) is 26.1 Å². The van der Waals surface area contributed by atoms with E-state index in [-0.39, 0.29) is 13.0 Å². The van der Waals surface area contributed by atoms with Crippen molar-refractivity contribution < 1.29 is 13.9 Å². The van der Waals surface area contributed by atoms with Gasteiger partial charge < -0.3 is 10.0 Å². The van der Waals surface area contributed by atoms with Crippen molar-refractivity contribution >= 4 is 0 Å². The largest absolute Gasteiger partial charge is 0.386 e. The lowest BCUT2D eigenvalue weighted by Gasteiger charge is -2.36. The zero-order valence-electron chi connectivity index (χ0n) is 8.13. The second kappa shape index (κ2) is 3.88. The molecule has 0 aromatic carbocycles. The summed E-state index contributed by atoms with van der Waals surface area (Å²) in [6.07, 6.45) is -1.71. The van der Waals surface area contributed by atoms with Gasteiger partial charge in [0.15, 0.2) is 0 Å². The van der Waals surface area contributed by atoms with Gasteiger partial charge in [0.1, 0.15) is 6.10 Å². The number of β-amino-alcohol motifs (C(OH)–C–C–N with tert-alkyl or cyclic N) is 1. The summed E-state index contributed by atoms with van der Waals surface area (Å²) in [7, 11) is 0. The number of aliphatic hydroxyl groups is 1. The van der Waals surface area contributed by atoms with Gasteiger partial charge in [-0.2, -0.15) is 0 Å². The molecule has 4 heteroatoms. The third kappa shape index (κ3) is 2.88. The van der Waals surface area contributed by atoms with Gasteiger partial charge in [0.05, 0.1) is 0 Å². The van der Waals surface area contributed by atoms with Crippen molar-refractivity contribution in [1.82, 2.24) is 4.90 Å². The SMILES string of the molecule is CC(C)CN1CCC(F)(F)C(O)C1. The van der Waals surface area contributed by atoms with Crippen LogP contribution in [-0.2, 0) is 0 Å². The molecule has 78 valence electrons. The zero-order chi connectivity index (χ0) is 10.1. The van der Waals surface area contributed by atoms with E-state index in [1.54, 1.807) is 0 Å². The van der Waals surface area contributed by atoms with Crippen molar-refractivity contribution in [3.8, 4) is 0 Å². The maximum Gasteiger partial charge on any atom is 0.275 e. The fourth-order valence-electron chi connectivity index (χ4n) is 1.63. The minimum Gasteiger partial charge on any atom is -0.386 e. The number of alkyl halides is 2. The topological polar surface area (TPSA) is 23.5 Å². The standard InChI is InChI=1S/C9H17F2NO/c1-7(2)5-12-4-3-9(10,11)8(13)6-12/h7-8,13H,3-6H2,1-2H3.